The summed E-state index contributed by atoms with van der Waals surface area (Å²) >= 11 is 3.65. The summed E-state index contributed by atoms with van der Waals surface area (Å²) in [4.78, 5) is 42.4. The number of thiophene rings is 2. The summed E-state index contributed by atoms with van der Waals surface area (Å²) in [6.07, 6.45) is 4.05. The molecule has 0 atom stereocenters. The van der Waals surface area contributed by atoms with Crippen molar-refractivity contribution in [3.05, 3.63) is 473 Å². The molecule has 12 heteroatoms. The maximum absolute atomic E-state index is 5.54. The van der Waals surface area contributed by atoms with Crippen LogP contribution in [0.4, 0.5) is 0 Å². The van der Waals surface area contributed by atoms with Crippen molar-refractivity contribution in [2.24, 2.45) is 0 Å². The summed E-state index contributed by atoms with van der Waals surface area (Å²) in [6, 6.07) is 163. The molecule has 0 fully saturated rings. The highest BCUT2D eigenvalue weighted by Crippen LogP contribution is 2.50. The first kappa shape index (κ1) is 80.4. The van der Waals surface area contributed by atoms with Gasteiger partial charge in [0.05, 0.1) is 33.5 Å². The van der Waals surface area contributed by atoms with E-state index in [2.05, 4.69) is 397 Å². The molecule has 8 heterocycles. The number of aromatic nitrogens is 10. The Morgan fingerprint density at radius 3 is 0.941 bits per heavy atom. The predicted molar refractivity (Wildman–Crippen MR) is 566 cm³/mol. The number of hydrogen-bond acceptors (Lipinski definition) is 10. The molecule has 8 aromatic heterocycles. The van der Waals surface area contributed by atoms with E-state index >= 15 is 0 Å². The van der Waals surface area contributed by atoms with E-state index in [0.717, 1.165) is 145 Å². The lowest BCUT2D eigenvalue weighted by atomic mass is 9.90. The lowest BCUT2D eigenvalue weighted by Crippen LogP contribution is -2.02. The van der Waals surface area contributed by atoms with Gasteiger partial charge in [0.15, 0.2) is 34.9 Å². The van der Waals surface area contributed by atoms with Crippen LogP contribution in [0, 0.1) is 0 Å². The van der Waals surface area contributed by atoms with Crippen molar-refractivity contribution in [1.29, 1.82) is 0 Å². The van der Waals surface area contributed by atoms with Gasteiger partial charge in [0.2, 0.25) is 0 Å². The number of fused-ring (bicyclic) bond motifs is 12. The summed E-state index contributed by atoms with van der Waals surface area (Å²) in [5.74, 6) is 3.48. The zero-order valence-electron chi connectivity index (χ0n) is 73.3. The van der Waals surface area contributed by atoms with E-state index in [1.807, 2.05) is 108 Å². The highest BCUT2D eigenvalue weighted by atomic mass is 32.1. The Labute approximate surface area is 792 Å². The summed E-state index contributed by atoms with van der Waals surface area (Å²) in [5, 5.41) is 9.66. The Hall–Kier alpha value is -17.7. The maximum Gasteiger partial charge on any atom is 0.166 e. The van der Waals surface area contributed by atoms with Crippen LogP contribution >= 0.6 is 22.7 Å². The van der Waals surface area contributed by atoms with Crippen molar-refractivity contribution in [3.63, 3.8) is 0 Å². The third-order valence-electron chi connectivity index (χ3n) is 25.8. The molecule has 0 aliphatic heterocycles. The molecule has 0 aliphatic carbocycles. The zero-order chi connectivity index (χ0) is 89.9. The molecular weight excluding hydrogens is 1690 g/mol. The molecule has 10 nitrogen and oxygen atoms in total. The SMILES string of the molecule is c1ccc(-c2ccc(-c3ccccc3)c(-c3cnc(-c4ccc5sc6cc7c8ccccc8n(-c8ccccc8)c7cc6c5c4)c(-c4nc(-c5ccccc5)nc(-c5ccccc5)n4)c3)c2)cc1.c1ccc(-c2ccc(-c3ccccc3)c(-c3cnc(-c4cccc5sc6cc7c8ccccc8n(-c8ccccc8)c7cc6c45)c(-c4nc(-c5ccccc5)nc(-c5ccccc5)n4)c3)c2)cc1. The molecule has 0 N–H and O–H groups in total. The molecule has 0 radical (unpaired) electrons. The molecule has 0 amide bonds. The number of pyridine rings is 2. The second-order valence-electron chi connectivity index (χ2n) is 34.0. The summed E-state index contributed by atoms with van der Waals surface area (Å²) < 4.78 is 9.65. The monoisotopic (exact) mass is 1770 g/mol. The van der Waals surface area contributed by atoms with Crippen molar-refractivity contribution in [3.8, 4) is 169 Å². The van der Waals surface area contributed by atoms with Crippen molar-refractivity contribution < 1.29 is 0 Å². The molecule has 26 rings (SSSR count). The second kappa shape index (κ2) is 34.6. The van der Waals surface area contributed by atoms with Crippen LogP contribution in [0.5, 0.6) is 0 Å². The van der Waals surface area contributed by atoms with Gasteiger partial charge in [-0.25, -0.2) is 29.9 Å². The van der Waals surface area contributed by atoms with E-state index in [1.54, 1.807) is 0 Å². The van der Waals surface area contributed by atoms with Gasteiger partial charge in [-0.3, -0.25) is 9.97 Å². The van der Waals surface area contributed by atoms with Crippen LogP contribution in [-0.4, -0.2) is 49.0 Å². The van der Waals surface area contributed by atoms with E-state index in [9.17, 15) is 0 Å². The zero-order valence-corrected chi connectivity index (χ0v) is 75.0. The lowest BCUT2D eigenvalue weighted by molar-refractivity contribution is 1.07. The summed E-state index contributed by atoms with van der Waals surface area (Å²) in [7, 11) is 0. The average molecular weight is 1770 g/mol. The molecule has 0 saturated carbocycles. The third kappa shape index (κ3) is 14.8. The van der Waals surface area contributed by atoms with Crippen molar-refractivity contribution in [2.75, 3.05) is 0 Å². The largest absolute Gasteiger partial charge is 0.309 e. The molecular formula is C124H78N10S2. The molecule has 636 valence electrons. The Bertz CT molecular complexity index is 8940. The smallest absolute Gasteiger partial charge is 0.166 e. The Balaban J connectivity index is 0.000000145. The van der Waals surface area contributed by atoms with Gasteiger partial charge in [-0.05, 0) is 159 Å². The highest BCUT2D eigenvalue weighted by molar-refractivity contribution is 7.26. The third-order valence-corrected chi connectivity index (χ3v) is 28.1. The quantitative estimate of drug-likeness (QED) is 0.0940. The van der Waals surface area contributed by atoms with E-state index in [-0.39, 0.29) is 0 Å². The maximum atomic E-state index is 5.54. The van der Waals surface area contributed by atoms with E-state index in [1.165, 1.54) is 73.1 Å². The van der Waals surface area contributed by atoms with Crippen LogP contribution in [0.25, 0.3) is 253 Å². The molecule has 0 bridgehead atoms. The fraction of sp³-hybridized carbons (Fsp3) is 0. The van der Waals surface area contributed by atoms with Gasteiger partial charge in [-0.1, -0.05) is 358 Å². The minimum absolute atomic E-state index is 0.547. The molecule has 136 heavy (non-hydrogen) atoms. The van der Waals surface area contributed by atoms with Gasteiger partial charge in [0.25, 0.3) is 0 Å². The molecule has 18 aromatic carbocycles. The van der Waals surface area contributed by atoms with Crippen LogP contribution in [0.15, 0.2) is 473 Å². The van der Waals surface area contributed by atoms with Crippen LogP contribution in [0.2, 0.25) is 0 Å². The first-order valence-electron chi connectivity index (χ1n) is 45.6. The second-order valence-corrected chi connectivity index (χ2v) is 36.2. The van der Waals surface area contributed by atoms with E-state index in [4.69, 9.17) is 39.9 Å². The van der Waals surface area contributed by atoms with Crippen LogP contribution in [0.3, 0.4) is 0 Å². The first-order valence-corrected chi connectivity index (χ1v) is 47.2. The molecule has 0 spiro atoms. The molecule has 26 aromatic rings. The van der Waals surface area contributed by atoms with Gasteiger partial charge >= 0.3 is 0 Å². The predicted octanol–water partition coefficient (Wildman–Crippen LogP) is 32.8. The highest BCUT2D eigenvalue weighted by Gasteiger charge is 2.27. The van der Waals surface area contributed by atoms with Gasteiger partial charge in [-0.2, -0.15) is 0 Å². The Kier molecular flexibility index (Phi) is 20.4. The number of nitrogens with zero attached hydrogens (tertiary/aromatic N) is 10. The van der Waals surface area contributed by atoms with Crippen molar-refractivity contribution in [2.45, 2.75) is 0 Å². The van der Waals surface area contributed by atoms with Gasteiger partial charge in [0.1, 0.15) is 0 Å². The first-order chi connectivity index (χ1) is 67.4. The van der Waals surface area contributed by atoms with E-state index < -0.39 is 0 Å². The van der Waals surface area contributed by atoms with Gasteiger partial charge < -0.3 is 9.13 Å². The molecule has 0 aliphatic rings. The number of hydrogen-bond donors (Lipinski definition) is 0. The normalized spacial score (nSPS) is 11.5. The molecule has 0 unspecified atom stereocenters. The van der Waals surface area contributed by atoms with Crippen molar-refractivity contribution in [1.82, 2.24) is 49.0 Å². The van der Waals surface area contributed by atoms with E-state index in [0.29, 0.717) is 34.9 Å². The fourth-order valence-corrected chi connectivity index (χ4v) is 21.6. The number of benzene rings is 18. The lowest BCUT2D eigenvalue weighted by Gasteiger charge is -2.17. The standard InChI is InChI=1S/2C62H39N5S/c1-6-19-40(20-7-1)44-33-34-47(41-21-8-2-9-22-41)50(35-44)45-36-53(62-65-60(42-23-10-3-11-24-42)64-61(66-62)43-25-12-4-13-26-43)59(63-39-45)49-30-18-32-56-58(49)52-37-55-51(38-57(52)68-56)48-29-16-17-31-54(48)67(55)46-27-14-5-15-28-46;1-6-18-40(19-7-1)44-30-32-48(41-20-8-2-9-21-41)50(34-44)46-36-54(62-65-60(42-22-10-3-11-23-42)64-61(66-62)43-24-12-4-13-25-43)59(63-39-46)45-31-33-57-52(35-45)53-37-56-51(38-58(53)68-57)49-28-16-17-29-55(49)67(56)47-26-14-5-15-27-47/h2*1-39H. The van der Waals surface area contributed by atoms with Gasteiger partial charge in [-0.15, -0.1) is 22.7 Å². The summed E-state index contributed by atoms with van der Waals surface area (Å²) in [5.41, 5.74) is 28.9. The minimum atomic E-state index is 0.547. The summed E-state index contributed by atoms with van der Waals surface area (Å²) in [6.45, 7) is 0. The van der Waals surface area contributed by atoms with Gasteiger partial charge in [0, 0.05) is 141 Å². The average Bonchev–Trinajstić information content (AvgIpc) is 1.57. The Morgan fingerprint density at radius 2 is 0.500 bits per heavy atom. The van der Waals surface area contributed by atoms with Crippen LogP contribution in [-0.2, 0) is 0 Å². The fourth-order valence-electron chi connectivity index (χ4n) is 19.4. The van der Waals surface area contributed by atoms with Crippen LogP contribution in [0.1, 0.15) is 0 Å². The number of para-hydroxylation sites is 4. The van der Waals surface area contributed by atoms with Crippen LogP contribution < -0.4 is 0 Å². The Morgan fingerprint density at radius 1 is 0.162 bits per heavy atom. The minimum Gasteiger partial charge on any atom is -0.309 e. The topological polar surface area (TPSA) is 113 Å². The van der Waals surface area contributed by atoms with Crippen molar-refractivity contribution >= 4 is 107 Å². The molecule has 0 saturated heterocycles. The number of rotatable bonds is 16.